The predicted octanol–water partition coefficient (Wildman–Crippen LogP) is 2.64. The summed E-state index contributed by atoms with van der Waals surface area (Å²) in [5.74, 6) is 1.38. The van der Waals surface area contributed by atoms with Gasteiger partial charge in [-0.2, -0.15) is 9.97 Å². The summed E-state index contributed by atoms with van der Waals surface area (Å²) in [6.45, 7) is 0. The van der Waals surface area contributed by atoms with E-state index in [9.17, 15) is 0 Å². The molecule has 0 radical (unpaired) electrons. The highest BCUT2D eigenvalue weighted by atomic mass is 32.2. The first-order valence-corrected chi connectivity index (χ1v) is 7.63. The van der Waals surface area contributed by atoms with Gasteiger partial charge >= 0.3 is 0 Å². The zero-order valence-corrected chi connectivity index (χ0v) is 11.7. The molecule has 98 valence electrons. The van der Waals surface area contributed by atoms with E-state index in [-0.39, 0.29) is 5.92 Å². The van der Waals surface area contributed by atoms with Crippen molar-refractivity contribution < 1.29 is 0 Å². The zero-order chi connectivity index (χ0) is 13.2. The molecule has 1 unspecified atom stereocenters. The molecule has 2 aromatic rings. The number of thioether (sulfide) groups is 1. The van der Waals surface area contributed by atoms with Gasteiger partial charge in [-0.25, -0.2) is 4.98 Å². The topological polar surface area (TPSA) is 64.7 Å². The smallest absolute Gasteiger partial charge is 0.224 e. The maximum absolute atomic E-state index is 5.79. The number of aromatic nitrogens is 3. The van der Waals surface area contributed by atoms with E-state index < -0.39 is 0 Å². The van der Waals surface area contributed by atoms with Crippen LogP contribution in [0, 0.1) is 0 Å². The highest BCUT2D eigenvalue weighted by Gasteiger charge is 2.24. The minimum atomic E-state index is 0.251. The van der Waals surface area contributed by atoms with Crippen molar-refractivity contribution in [1.29, 1.82) is 0 Å². The van der Waals surface area contributed by atoms with Crippen molar-refractivity contribution in [3.63, 3.8) is 0 Å². The highest BCUT2D eigenvalue weighted by Crippen LogP contribution is 2.35. The Morgan fingerprint density at radius 2 is 2.05 bits per heavy atom. The van der Waals surface area contributed by atoms with Crippen molar-refractivity contribution in [2.45, 2.75) is 30.3 Å². The minimum Gasteiger partial charge on any atom is -0.368 e. The van der Waals surface area contributed by atoms with Gasteiger partial charge in [-0.3, -0.25) is 0 Å². The van der Waals surface area contributed by atoms with Crippen molar-refractivity contribution >= 4 is 17.7 Å². The van der Waals surface area contributed by atoms with Crippen LogP contribution in [0.1, 0.15) is 35.7 Å². The first-order valence-electron chi connectivity index (χ1n) is 6.41. The molecule has 4 nitrogen and oxygen atoms in total. The van der Waals surface area contributed by atoms with Crippen LogP contribution < -0.4 is 5.73 Å². The van der Waals surface area contributed by atoms with Crippen molar-refractivity contribution in [2.75, 3.05) is 12.0 Å². The Morgan fingerprint density at radius 3 is 2.89 bits per heavy atom. The first-order chi connectivity index (χ1) is 9.28. The summed E-state index contributed by atoms with van der Waals surface area (Å²) in [7, 11) is 0. The predicted molar refractivity (Wildman–Crippen MR) is 77.2 cm³/mol. The van der Waals surface area contributed by atoms with Gasteiger partial charge in [0.2, 0.25) is 5.95 Å². The molecule has 0 saturated heterocycles. The third-order valence-electron chi connectivity index (χ3n) is 3.51. The number of rotatable bonds is 2. The Labute approximate surface area is 116 Å². The molecule has 1 aromatic heterocycles. The SMILES string of the molecule is CSc1nc(N)nc(C2CCCc3ccccc32)n1. The molecular weight excluding hydrogens is 256 g/mol. The van der Waals surface area contributed by atoms with Crippen LogP contribution in [0.2, 0.25) is 0 Å². The van der Waals surface area contributed by atoms with E-state index in [1.807, 2.05) is 6.26 Å². The number of nitrogen functional groups attached to an aromatic ring is 1. The number of nitrogens with zero attached hydrogens (tertiary/aromatic N) is 3. The second kappa shape index (κ2) is 5.17. The largest absolute Gasteiger partial charge is 0.368 e. The lowest BCUT2D eigenvalue weighted by Gasteiger charge is -2.24. The summed E-state index contributed by atoms with van der Waals surface area (Å²) in [4.78, 5) is 13.0. The molecule has 0 spiro atoms. The second-order valence-corrected chi connectivity index (χ2v) is 5.46. The quantitative estimate of drug-likeness (QED) is 0.851. The standard InChI is InChI=1S/C14H16N4S/c1-19-14-17-12(16-13(15)18-14)11-8-4-6-9-5-2-3-7-10(9)11/h2-3,5,7,11H,4,6,8H2,1H3,(H2,15,16,17,18). The van der Waals surface area contributed by atoms with E-state index in [0.29, 0.717) is 11.1 Å². The van der Waals surface area contributed by atoms with Crippen LogP contribution in [0.15, 0.2) is 29.4 Å². The molecule has 0 bridgehead atoms. The molecule has 1 aliphatic rings. The molecule has 0 amide bonds. The second-order valence-electron chi connectivity index (χ2n) is 4.68. The molecule has 0 aliphatic heterocycles. The van der Waals surface area contributed by atoms with Crippen LogP contribution in [-0.2, 0) is 6.42 Å². The molecule has 0 fully saturated rings. The van der Waals surface area contributed by atoms with Gasteiger partial charge in [-0.05, 0) is 36.6 Å². The Kier molecular flexibility index (Phi) is 3.38. The van der Waals surface area contributed by atoms with E-state index in [0.717, 1.165) is 18.7 Å². The zero-order valence-electron chi connectivity index (χ0n) is 10.8. The number of hydrogen-bond acceptors (Lipinski definition) is 5. The molecular formula is C14H16N4S. The van der Waals surface area contributed by atoms with Gasteiger partial charge in [0.05, 0.1) is 0 Å². The number of fused-ring (bicyclic) bond motifs is 1. The fourth-order valence-corrected chi connectivity index (χ4v) is 3.03. The van der Waals surface area contributed by atoms with E-state index in [4.69, 9.17) is 5.73 Å². The Balaban J connectivity index is 2.06. The Morgan fingerprint density at radius 1 is 1.21 bits per heavy atom. The molecule has 1 aliphatic carbocycles. The fourth-order valence-electron chi connectivity index (χ4n) is 2.66. The molecule has 1 aromatic carbocycles. The third kappa shape index (κ3) is 2.42. The van der Waals surface area contributed by atoms with Gasteiger partial charge in [0.1, 0.15) is 5.82 Å². The molecule has 0 saturated carbocycles. The van der Waals surface area contributed by atoms with Crippen LogP contribution in [0.4, 0.5) is 5.95 Å². The fraction of sp³-hybridized carbons (Fsp3) is 0.357. The van der Waals surface area contributed by atoms with Crippen molar-refractivity contribution in [2.24, 2.45) is 0 Å². The maximum atomic E-state index is 5.79. The highest BCUT2D eigenvalue weighted by molar-refractivity contribution is 7.98. The average molecular weight is 272 g/mol. The van der Waals surface area contributed by atoms with Gasteiger partial charge in [-0.1, -0.05) is 36.0 Å². The van der Waals surface area contributed by atoms with E-state index in [1.54, 1.807) is 0 Å². The van der Waals surface area contributed by atoms with Crippen LogP contribution in [0.5, 0.6) is 0 Å². The molecule has 1 atom stereocenters. The van der Waals surface area contributed by atoms with Gasteiger partial charge in [-0.15, -0.1) is 0 Å². The summed E-state index contributed by atoms with van der Waals surface area (Å²) in [6.07, 6.45) is 5.34. The number of hydrogen-bond donors (Lipinski definition) is 1. The normalized spacial score (nSPS) is 18.1. The van der Waals surface area contributed by atoms with E-state index in [2.05, 4.69) is 39.2 Å². The summed E-state index contributed by atoms with van der Waals surface area (Å²) in [5, 5.41) is 0.700. The Bertz CT molecular complexity index is 600. The summed E-state index contributed by atoms with van der Waals surface area (Å²) in [5.41, 5.74) is 8.53. The monoisotopic (exact) mass is 272 g/mol. The summed E-state index contributed by atoms with van der Waals surface area (Å²) in [6, 6.07) is 8.55. The minimum absolute atomic E-state index is 0.251. The Hall–Kier alpha value is -1.62. The average Bonchev–Trinajstić information content (AvgIpc) is 2.46. The molecule has 3 rings (SSSR count). The number of anilines is 1. The van der Waals surface area contributed by atoms with Gasteiger partial charge in [0.15, 0.2) is 5.16 Å². The molecule has 1 heterocycles. The molecule has 5 heteroatoms. The van der Waals surface area contributed by atoms with Crippen molar-refractivity contribution in [3.05, 3.63) is 41.2 Å². The lowest BCUT2D eigenvalue weighted by Crippen LogP contribution is -2.15. The lowest BCUT2D eigenvalue weighted by molar-refractivity contribution is 0.581. The lowest BCUT2D eigenvalue weighted by atomic mass is 9.82. The number of benzene rings is 1. The summed E-state index contributed by atoms with van der Waals surface area (Å²) >= 11 is 1.50. The summed E-state index contributed by atoms with van der Waals surface area (Å²) < 4.78 is 0. The van der Waals surface area contributed by atoms with Gasteiger partial charge in [0, 0.05) is 5.92 Å². The van der Waals surface area contributed by atoms with Crippen molar-refractivity contribution in [1.82, 2.24) is 15.0 Å². The van der Waals surface area contributed by atoms with Crippen LogP contribution >= 0.6 is 11.8 Å². The van der Waals surface area contributed by atoms with Crippen molar-refractivity contribution in [3.8, 4) is 0 Å². The van der Waals surface area contributed by atoms with Crippen LogP contribution in [0.25, 0.3) is 0 Å². The number of aryl methyl sites for hydroxylation is 1. The van der Waals surface area contributed by atoms with E-state index in [1.165, 1.54) is 29.3 Å². The van der Waals surface area contributed by atoms with Crippen LogP contribution in [-0.4, -0.2) is 21.2 Å². The molecule has 2 N–H and O–H groups in total. The number of nitrogens with two attached hydrogens (primary N) is 1. The molecule has 19 heavy (non-hydrogen) atoms. The van der Waals surface area contributed by atoms with Gasteiger partial charge < -0.3 is 5.73 Å². The van der Waals surface area contributed by atoms with Gasteiger partial charge in [0.25, 0.3) is 0 Å². The third-order valence-corrected chi connectivity index (χ3v) is 4.06. The van der Waals surface area contributed by atoms with Crippen LogP contribution in [0.3, 0.4) is 0 Å². The van der Waals surface area contributed by atoms with E-state index >= 15 is 0 Å². The maximum Gasteiger partial charge on any atom is 0.224 e. The first kappa shape index (κ1) is 12.4.